The lowest BCUT2D eigenvalue weighted by Crippen LogP contribution is -2.27. The molecule has 0 aromatic carbocycles. The van der Waals surface area contributed by atoms with Crippen LogP contribution in [0.4, 0.5) is 0 Å². The van der Waals surface area contributed by atoms with Crippen LogP contribution in [0, 0.1) is 11.3 Å². The van der Waals surface area contributed by atoms with Gasteiger partial charge in [0, 0.05) is 30.8 Å². The van der Waals surface area contributed by atoms with Crippen molar-refractivity contribution < 1.29 is 9.53 Å². The molecule has 1 atom stereocenters. The number of carbonyl (C=O) groups excluding carboxylic acids is 1. The van der Waals surface area contributed by atoms with E-state index < -0.39 is 5.92 Å². The molecule has 1 aliphatic carbocycles. The molecule has 0 spiro atoms. The topological polar surface area (TPSA) is 89.0 Å². The summed E-state index contributed by atoms with van der Waals surface area (Å²) in [6.07, 6.45) is 5.23. The zero-order valence-corrected chi connectivity index (χ0v) is 10.8. The molecule has 5 nitrogen and oxygen atoms in total. The van der Waals surface area contributed by atoms with Crippen LogP contribution in [0.5, 0.6) is 0 Å². The summed E-state index contributed by atoms with van der Waals surface area (Å²) in [6.45, 7) is 0. The first-order valence-corrected chi connectivity index (χ1v) is 6.46. The Morgan fingerprint density at radius 3 is 3.00 bits per heavy atom. The number of hydrogen-bond donors (Lipinski definition) is 1. The van der Waals surface area contributed by atoms with Gasteiger partial charge in [0.2, 0.25) is 5.88 Å². The van der Waals surface area contributed by atoms with Crippen molar-refractivity contribution in [2.75, 3.05) is 0 Å². The third-order valence-corrected chi connectivity index (χ3v) is 3.62. The number of nitrogens with zero attached hydrogens (tertiary/aromatic N) is 2. The van der Waals surface area contributed by atoms with Crippen LogP contribution in [-0.2, 0) is 9.53 Å². The van der Waals surface area contributed by atoms with Crippen molar-refractivity contribution in [3.05, 3.63) is 52.9 Å². The maximum absolute atomic E-state index is 12.2. The average molecular weight is 267 g/mol. The number of Topliss-reactive ketones (excluding diaryl/α,β-unsaturated/α-hetero) is 1. The van der Waals surface area contributed by atoms with Gasteiger partial charge in [-0.1, -0.05) is 6.07 Å². The molecule has 5 heteroatoms. The van der Waals surface area contributed by atoms with Gasteiger partial charge in [-0.05, 0) is 18.1 Å². The maximum atomic E-state index is 12.2. The highest BCUT2D eigenvalue weighted by Crippen LogP contribution is 2.42. The predicted octanol–water partition coefficient (Wildman–Crippen LogP) is 1.90. The molecule has 2 aliphatic rings. The Labute approximate surface area is 116 Å². The number of ketones is 1. The second-order valence-electron chi connectivity index (χ2n) is 4.82. The lowest BCUT2D eigenvalue weighted by Gasteiger charge is -2.30. The average Bonchev–Trinajstić information content (AvgIpc) is 2.47. The Balaban J connectivity index is 2.18. The Morgan fingerprint density at radius 2 is 2.30 bits per heavy atom. The van der Waals surface area contributed by atoms with Crippen LogP contribution in [0.2, 0.25) is 0 Å². The van der Waals surface area contributed by atoms with E-state index in [2.05, 4.69) is 11.1 Å². The van der Waals surface area contributed by atoms with E-state index in [1.807, 2.05) is 6.07 Å². The molecule has 1 aromatic rings. The highest BCUT2D eigenvalue weighted by Gasteiger charge is 2.37. The molecule has 0 bridgehead atoms. The van der Waals surface area contributed by atoms with Gasteiger partial charge < -0.3 is 10.5 Å². The van der Waals surface area contributed by atoms with Crippen LogP contribution in [0.3, 0.4) is 0 Å². The molecule has 3 rings (SSSR count). The Hall–Kier alpha value is -2.61. The van der Waals surface area contributed by atoms with Gasteiger partial charge in [0.15, 0.2) is 5.78 Å². The standard InChI is InChI=1S/C15H13N3O2/c16-7-10-13(9-3-2-6-18-8-9)14-11(19)4-1-5-12(14)20-15(10)17/h2-3,6,8,13H,1,4-5,17H2. The van der Waals surface area contributed by atoms with Crippen molar-refractivity contribution in [1.29, 1.82) is 5.26 Å². The summed E-state index contributed by atoms with van der Waals surface area (Å²) >= 11 is 0. The normalized spacial score (nSPS) is 22.1. The molecule has 0 saturated carbocycles. The second kappa shape index (κ2) is 4.82. The van der Waals surface area contributed by atoms with Crippen molar-refractivity contribution in [3.63, 3.8) is 0 Å². The molecule has 0 radical (unpaired) electrons. The van der Waals surface area contributed by atoms with Crippen LogP contribution >= 0.6 is 0 Å². The van der Waals surface area contributed by atoms with Gasteiger partial charge in [-0.15, -0.1) is 0 Å². The fourth-order valence-electron chi connectivity index (χ4n) is 2.74. The van der Waals surface area contributed by atoms with Crippen molar-refractivity contribution in [1.82, 2.24) is 4.98 Å². The molecule has 0 saturated heterocycles. The summed E-state index contributed by atoms with van der Waals surface area (Å²) in [5, 5.41) is 9.35. The summed E-state index contributed by atoms with van der Waals surface area (Å²) in [5.74, 6) is 0.270. The fourth-order valence-corrected chi connectivity index (χ4v) is 2.74. The first kappa shape index (κ1) is 12.4. The maximum Gasteiger partial charge on any atom is 0.205 e. The molecular formula is C15H13N3O2. The first-order chi connectivity index (χ1) is 9.72. The van der Waals surface area contributed by atoms with E-state index >= 15 is 0 Å². The molecule has 20 heavy (non-hydrogen) atoms. The van der Waals surface area contributed by atoms with E-state index in [0.717, 1.165) is 12.0 Å². The number of aromatic nitrogens is 1. The molecule has 1 aromatic heterocycles. The molecule has 2 N–H and O–H groups in total. The summed E-state index contributed by atoms with van der Waals surface area (Å²) in [7, 11) is 0. The third-order valence-electron chi connectivity index (χ3n) is 3.62. The van der Waals surface area contributed by atoms with Gasteiger partial charge in [-0.3, -0.25) is 9.78 Å². The predicted molar refractivity (Wildman–Crippen MR) is 70.8 cm³/mol. The number of nitrogens with two attached hydrogens (primary N) is 1. The van der Waals surface area contributed by atoms with E-state index in [4.69, 9.17) is 10.5 Å². The van der Waals surface area contributed by atoms with Gasteiger partial charge >= 0.3 is 0 Å². The largest absolute Gasteiger partial charge is 0.444 e. The first-order valence-electron chi connectivity index (χ1n) is 6.46. The minimum Gasteiger partial charge on any atom is -0.444 e. The summed E-state index contributed by atoms with van der Waals surface area (Å²) < 4.78 is 5.49. The summed E-state index contributed by atoms with van der Waals surface area (Å²) in [5.41, 5.74) is 7.48. The van der Waals surface area contributed by atoms with Gasteiger partial charge in [0.05, 0.1) is 5.92 Å². The number of ether oxygens (including phenoxy) is 1. The van der Waals surface area contributed by atoms with Gasteiger partial charge in [0.1, 0.15) is 17.4 Å². The van der Waals surface area contributed by atoms with E-state index in [0.29, 0.717) is 24.2 Å². The number of rotatable bonds is 1. The van der Waals surface area contributed by atoms with E-state index in [-0.39, 0.29) is 17.2 Å². The monoisotopic (exact) mass is 267 g/mol. The van der Waals surface area contributed by atoms with Gasteiger partial charge in [-0.25, -0.2) is 0 Å². The lowest BCUT2D eigenvalue weighted by molar-refractivity contribution is -0.116. The van der Waals surface area contributed by atoms with Gasteiger partial charge in [0.25, 0.3) is 0 Å². The molecule has 0 fully saturated rings. The Morgan fingerprint density at radius 1 is 1.45 bits per heavy atom. The quantitative estimate of drug-likeness (QED) is 0.839. The second-order valence-corrected chi connectivity index (χ2v) is 4.82. The fraction of sp³-hybridized carbons (Fsp3) is 0.267. The number of carbonyl (C=O) groups is 1. The zero-order chi connectivity index (χ0) is 14.1. The minimum atomic E-state index is -0.453. The van der Waals surface area contributed by atoms with E-state index in [1.165, 1.54) is 0 Å². The molecule has 100 valence electrons. The van der Waals surface area contributed by atoms with Crippen molar-refractivity contribution in [2.45, 2.75) is 25.2 Å². The van der Waals surface area contributed by atoms with Crippen molar-refractivity contribution >= 4 is 5.78 Å². The molecular weight excluding hydrogens is 254 g/mol. The number of nitriles is 1. The number of pyridine rings is 1. The highest BCUT2D eigenvalue weighted by molar-refractivity contribution is 5.99. The van der Waals surface area contributed by atoms with E-state index in [1.54, 1.807) is 18.5 Å². The van der Waals surface area contributed by atoms with Crippen LogP contribution in [-0.4, -0.2) is 10.8 Å². The van der Waals surface area contributed by atoms with Crippen molar-refractivity contribution in [3.8, 4) is 6.07 Å². The van der Waals surface area contributed by atoms with Crippen LogP contribution in [0.1, 0.15) is 30.7 Å². The zero-order valence-electron chi connectivity index (χ0n) is 10.8. The number of hydrogen-bond acceptors (Lipinski definition) is 5. The van der Waals surface area contributed by atoms with Crippen LogP contribution < -0.4 is 5.73 Å². The minimum absolute atomic E-state index is 0.0281. The highest BCUT2D eigenvalue weighted by atomic mass is 16.5. The molecule has 1 unspecified atom stereocenters. The Kier molecular flexibility index (Phi) is 2.99. The SMILES string of the molecule is N#CC1=C(N)OC2=C(C(=O)CCC2)C1c1cccnc1. The smallest absolute Gasteiger partial charge is 0.205 e. The Bertz CT molecular complexity index is 668. The lowest BCUT2D eigenvalue weighted by atomic mass is 9.78. The number of allylic oxidation sites excluding steroid dienone is 3. The van der Waals surface area contributed by atoms with Crippen molar-refractivity contribution in [2.24, 2.45) is 5.73 Å². The van der Waals surface area contributed by atoms with Crippen LogP contribution in [0.25, 0.3) is 0 Å². The van der Waals surface area contributed by atoms with Crippen LogP contribution in [0.15, 0.2) is 47.3 Å². The summed E-state index contributed by atoms with van der Waals surface area (Å²) in [6, 6.07) is 5.70. The molecule has 1 aliphatic heterocycles. The molecule has 2 heterocycles. The van der Waals surface area contributed by atoms with E-state index in [9.17, 15) is 10.1 Å². The van der Waals surface area contributed by atoms with Gasteiger partial charge in [-0.2, -0.15) is 5.26 Å². The summed E-state index contributed by atoms with van der Waals surface area (Å²) in [4.78, 5) is 16.3. The molecule has 0 amide bonds. The third kappa shape index (κ3) is 1.86.